The lowest BCUT2D eigenvalue weighted by molar-refractivity contribution is -0.187. The fraction of sp³-hybridized carbons (Fsp3) is 0.500. The Balaban J connectivity index is 1.33. The van der Waals surface area contributed by atoms with Gasteiger partial charge in [-0.15, -0.1) is 11.3 Å². The van der Waals surface area contributed by atoms with Crippen LogP contribution >= 0.6 is 11.3 Å². The minimum absolute atomic E-state index is 0.00368. The van der Waals surface area contributed by atoms with Gasteiger partial charge in [0, 0.05) is 43.5 Å². The molecule has 0 unspecified atom stereocenters. The molecular formula is C18H22N2O2S. The van der Waals surface area contributed by atoms with Gasteiger partial charge in [-0.2, -0.15) is 0 Å². The molecule has 0 N–H and O–H groups in total. The van der Waals surface area contributed by atoms with E-state index >= 15 is 0 Å². The zero-order valence-corrected chi connectivity index (χ0v) is 14.2. The summed E-state index contributed by atoms with van der Waals surface area (Å²) in [6, 6.07) is 6.09. The first kappa shape index (κ1) is 15.1. The fourth-order valence-corrected chi connectivity index (χ4v) is 4.51. The maximum atomic E-state index is 6.12. The molecule has 2 saturated heterocycles. The number of ether oxygens (including phenoxy) is 2. The molecule has 4 rings (SSSR count). The summed E-state index contributed by atoms with van der Waals surface area (Å²) in [5.41, 5.74) is 1.40. The van der Waals surface area contributed by atoms with Gasteiger partial charge in [-0.3, -0.25) is 9.88 Å². The molecule has 1 spiro atoms. The summed E-state index contributed by atoms with van der Waals surface area (Å²) in [7, 11) is 0. The lowest BCUT2D eigenvalue weighted by atomic mass is 9.84. The Morgan fingerprint density at radius 1 is 1.43 bits per heavy atom. The molecule has 4 heterocycles. The van der Waals surface area contributed by atoms with E-state index in [9.17, 15) is 0 Å². The average molecular weight is 330 g/mol. The van der Waals surface area contributed by atoms with Gasteiger partial charge in [0.25, 0.3) is 0 Å². The summed E-state index contributed by atoms with van der Waals surface area (Å²) in [6.07, 6.45) is 5.73. The number of aromatic nitrogens is 1. The lowest BCUT2D eigenvalue weighted by Gasteiger charge is -2.53. The van der Waals surface area contributed by atoms with Crippen LogP contribution in [0.4, 0.5) is 0 Å². The second-order valence-electron chi connectivity index (χ2n) is 6.62. The first-order chi connectivity index (χ1) is 11.2. The normalized spacial score (nSPS) is 23.6. The minimum atomic E-state index is -0.00368. The number of nitrogens with zero attached hydrogens (tertiary/aromatic N) is 2. The van der Waals surface area contributed by atoms with E-state index in [0.29, 0.717) is 0 Å². The first-order valence-corrected chi connectivity index (χ1v) is 9.06. The van der Waals surface area contributed by atoms with Gasteiger partial charge in [0.2, 0.25) is 0 Å². The van der Waals surface area contributed by atoms with E-state index in [1.807, 2.05) is 23.5 Å². The second kappa shape index (κ2) is 6.23. The summed E-state index contributed by atoms with van der Waals surface area (Å²) < 4.78 is 12.2. The molecular weight excluding hydrogens is 308 g/mol. The monoisotopic (exact) mass is 330 g/mol. The highest BCUT2D eigenvalue weighted by atomic mass is 32.1. The summed E-state index contributed by atoms with van der Waals surface area (Å²) in [5.74, 6) is 0.861. The van der Waals surface area contributed by atoms with Crippen LogP contribution in [-0.2, 0) is 11.3 Å². The molecule has 2 fully saturated rings. The van der Waals surface area contributed by atoms with E-state index in [0.717, 1.165) is 44.8 Å². The van der Waals surface area contributed by atoms with Crippen molar-refractivity contribution in [1.29, 1.82) is 0 Å². The van der Waals surface area contributed by atoms with Gasteiger partial charge in [-0.25, -0.2) is 0 Å². The Morgan fingerprint density at radius 3 is 3.09 bits per heavy atom. The highest BCUT2D eigenvalue weighted by Crippen LogP contribution is 2.37. The van der Waals surface area contributed by atoms with Crippen molar-refractivity contribution < 1.29 is 9.47 Å². The Kier molecular flexibility index (Phi) is 4.09. The summed E-state index contributed by atoms with van der Waals surface area (Å²) >= 11 is 1.85. The number of aryl methyl sites for hydroxylation is 1. The van der Waals surface area contributed by atoms with Crippen molar-refractivity contribution in [3.05, 3.63) is 46.4 Å². The van der Waals surface area contributed by atoms with Crippen LogP contribution in [0.2, 0.25) is 0 Å². The van der Waals surface area contributed by atoms with Gasteiger partial charge in [-0.1, -0.05) is 0 Å². The van der Waals surface area contributed by atoms with E-state index in [4.69, 9.17) is 9.47 Å². The number of pyridine rings is 1. The van der Waals surface area contributed by atoms with Crippen molar-refractivity contribution in [1.82, 2.24) is 9.88 Å². The zero-order valence-electron chi connectivity index (χ0n) is 13.4. The Labute approximate surface area is 141 Å². The quantitative estimate of drug-likeness (QED) is 0.862. The molecule has 122 valence electrons. The highest BCUT2D eigenvalue weighted by Gasteiger charge is 2.48. The van der Waals surface area contributed by atoms with Crippen molar-refractivity contribution in [3.63, 3.8) is 0 Å². The van der Waals surface area contributed by atoms with Crippen LogP contribution in [0.15, 0.2) is 36.0 Å². The average Bonchev–Trinajstić information content (AvgIpc) is 2.92. The van der Waals surface area contributed by atoms with Crippen LogP contribution in [0.25, 0.3) is 0 Å². The van der Waals surface area contributed by atoms with Gasteiger partial charge in [0.15, 0.2) is 0 Å². The van der Waals surface area contributed by atoms with E-state index < -0.39 is 0 Å². The predicted octanol–water partition coefficient (Wildman–Crippen LogP) is 3.26. The molecule has 4 nitrogen and oxygen atoms in total. The molecule has 5 heteroatoms. The molecule has 0 aromatic carbocycles. The number of hydrogen-bond acceptors (Lipinski definition) is 5. The van der Waals surface area contributed by atoms with Crippen LogP contribution in [0, 0.1) is 6.92 Å². The third-order valence-corrected chi connectivity index (χ3v) is 5.75. The molecule has 0 amide bonds. The number of likely N-dealkylation sites (tertiary alicyclic amines) is 1. The van der Waals surface area contributed by atoms with Crippen molar-refractivity contribution in [2.45, 2.75) is 38.0 Å². The van der Waals surface area contributed by atoms with E-state index in [1.54, 1.807) is 12.4 Å². The van der Waals surface area contributed by atoms with Gasteiger partial charge in [0.1, 0.15) is 11.9 Å². The summed E-state index contributed by atoms with van der Waals surface area (Å²) in [6.45, 7) is 6.05. The molecule has 2 aromatic heterocycles. The number of rotatable bonds is 4. The van der Waals surface area contributed by atoms with Crippen molar-refractivity contribution in [2.24, 2.45) is 0 Å². The maximum absolute atomic E-state index is 6.12. The van der Waals surface area contributed by atoms with Gasteiger partial charge in [0.05, 0.1) is 18.4 Å². The smallest absolute Gasteiger partial charge is 0.138 e. The molecule has 0 aliphatic carbocycles. The Hall–Kier alpha value is -1.43. The first-order valence-electron chi connectivity index (χ1n) is 8.18. The Morgan fingerprint density at radius 2 is 2.35 bits per heavy atom. The Bertz CT molecular complexity index is 652. The van der Waals surface area contributed by atoms with E-state index in [1.165, 1.54) is 10.4 Å². The number of hydrogen-bond donors (Lipinski definition) is 0. The van der Waals surface area contributed by atoms with Crippen LogP contribution in [0.1, 0.15) is 23.3 Å². The topological polar surface area (TPSA) is 34.6 Å². The number of thiophene rings is 1. The largest absolute Gasteiger partial charge is 0.489 e. The van der Waals surface area contributed by atoms with E-state index in [2.05, 4.69) is 28.3 Å². The molecule has 2 aromatic rings. The van der Waals surface area contributed by atoms with Crippen LogP contribution in [0.5, 0.6) is 5.75 Å². The zero-order chi connectivity index (χ0) is 15.7. The maximum Gasteiger partial charge on any atom is 0.138 e. The lowest BCUT2D eigenvalue weighted by Crippen LogP contribution is -2.65. The second-order valence-corrected chi connectivity index (χ2v) is 7.63. The molecule has 0 bridgehead atoms. The fourth-order valence-electron chi connectivity index (χ4n) is 3.56. The van der Waals surface area contributed by atoms with Crippen molar-refractivity contribution >= 4 is 11.3 Å². The van der Waals surface area contributed by atoms with Crippen molar-refractivity contribution in [3.8, 4) is 5.75 Å². The molecule has 1 atom stereocenters. The SMILES string of the molecule is Cc1ccsc1CN1CC2(C[C@H](Oc3cccnc3)CCO2)C1. The van der Waals surface area contributed by atoms with Crippen LogP contribution < -0.4 is 4.74 Å². The third-order valence-electron chi connectivity index (χ3n) is 4.74. The molecule has 2 aliphatic rings. The third kappa shape index (κ3) is 3.27. The molecule has 0 radical (unpaired) electrons. The standard InChI is InChI=1S/C18H22N2O2S/c1-14-5-8-23-17(14)11-20-12-18(13-20)9-15(4-7-21-18)22-16-3-2-6-19-10-16/h2-3,5-6,8,10,15H,4,7,9,11-13H2,1H3/t15-/m1/s1. The van der Waals surface area contributed by atoms with Gasteiger partial charge in [-0.05, 0) is 36.1 Å². The summed E-state index contributed by atoms with van der Waals surface area (Å²) in [5, 5.41) is 2.18. The predicted molar refractivity (Wildman–Crippen MR) is 90.9 cm³/mol. The van der Waals surface area contributed by atoms with Crippen molar-refractivity contribution in [2.75, 3.05) is 19.7 Å². The summed E-state index contributed by atoms with van der Waals surface area (Å²) in [4.78, 5) is 8.07. The minimum Gasteiger partial charge on any atom is -0.489 e. The van der Waals surface area contributed by atoms with Crippen LogP contribution in [-0.4, -0.2) is 41.3 Å². The highest BCUT2D eigenvalue weighted by molar-refractivity contribution is 7.10. The van der Waals surface area contributed by atoms with Gasteiger partial charge >= 0.3 is 0 Å². The molecule has 23 heavy (non-hydrogen) atoms. The van der Waals surface area contributed by atoms with Gasteiger partial charge < -0.3 is 9.47 Å². The van der Waals surface area contributed by atoms with E-state index in [-0.39, 0.29) is 11.7 Å². The molecule has 0 saturated carbocycles. The van der Waals surface area contributed by atoms with Crippen LogP contribution in [0.3, 0.4) is 0 Å². The molecule has 2 aliphatic heterocycles.